The molecule has 2 aliphatic rings. The van der Waals surface area contributed by atoms with Crippen molar-refractivity contribution in [1.82, 2.24) is 4.90 Å². The lowest BCUT2D eigenvalue weighted by molar-refractivity contribution is -0.264. The average Bonchev–Trinajstić information content (AvgIpc) is 3.06. The number of hydrogen-bond acceptors (Lipinski definition) is 6. The summed E-state index contributed by atoms with van der Waals surface area (Å²) >= 11 is 6.10. The highest BCUT2D eigenvalue weighted by Crippen LogP contribution is 2.47. The van der Waals surface area contributed by atoms with E-state index in [2.05, 4.69) is 41.3 Å². The summed E-state index contributed by atoms with van der Waals surface area (Å²) in [6.07, 6.45) is 0.242. The molecule has 6 nitrogen and oxygen atoms in total. The molecule has 2 fully saturated rings. The molecule has 224 valence electrons. The number of hydrogen-bond donors (Lipinski definition) is 3. The zero-order valence-electron chi connectivity index (χ0n) is 24.2. The van der Waals surface area contributed by atoms with Crippen molar-refractivity contribution in [2.75, 3.05) is 19.6 Å². The van der Waals surface area contributed by atoms with Gasteiger partial charge in [-0.15, -0.1) is 0 Å². The predicted octanol–water partition coefficient (Wildman–Crippen LogP) is 6.21. The maximum Gasteiger partial charge on any atom is 0.184 e. The van der Waals surface area contributed by atoms with Gasteiger partial charge in [-0.05, 0) is 52.8 Å². The fourth-order valence-electron chi connectivity index (χ4n) is 6.38. The van der Waals surface area contributed by atoms with Crippen LogP contribution in [0.3, 0.4) is 0 Å². The van der Waals surface area contributed by atoms with Crippen LogP contribution in [0.5, 0.6) is 0 Å². The van der Waals surface area contributed by atoms with Gasteiger partial charge >= 0.3 is 0 Å². The molecule has 7 heteroatoms. The Labute approximate surface area is 258 Å². The van der Waals surface area contributed by atoms with Gasteiger partial charge in [-0.2, -0.15) is 0 Å². The fraction of sp³-hybridized carbons (Fsp3) is 0.333. The standard InChI is InChI=1S/C36H39ClN2O4/c37-31-16-14-30(15-17-31)36(41)18-20-39(21-19-36)23-32-33(27-4-2-1-3-5-27)34(28-10-8-26(24-40)9-11-28)43-35(42-32)29-12-6-25(22-38)7-13-29/h1-17,32-35,40-41H,18-24,38H2/t32-,33-,34+,35?/m1/s1. The number of aliphatic hydroxyl groups excluding tert-OH is 1. The van der Waals surface area contributed by atoms with Gasteiger partial charge in [0.15, 0.2) is 6.29 Å². The zero-order chi connectivity index (χ0) is 29.8. The van der Waals surface area contributed by atoms with Crippen molar-refractivity contribution in [3.8, 4) is 0 Å². The van der Waals surface area contributed by atoms with Crippen molar-refractivity contribution < 1.29 is 19.7 Å². The SMILES string of the molecule is NCc1ccc(C2O[C@H](CN3CCC(O)(c4ccc(Cl)cc4)CC3)[C@@H](c3ccccc3)[C@H](c3ccc(CO)cc3)O2)cc1. The Hall–Kier alpha value is -3.07. The summed E-state index contributed by atoms with van der Waals surface area (Å²) in [6, 6.07) is 34.1. The zero-order valence-corrected chi connectivity index (χ0v) is 24.9. The number of likely N-dealkylation sites (tertiary alicyclic amines) is 1. The Morgan fingerprint density at radius 1 is 0.767 bits per heavy atom. The van der Waals surface area contributed by atoms with Gasteiger partial charge in [0.2, 0.25) is 0 Å². The molecular formula is C36H39ClN2O4. The lowest BCUT2D eigenvalue weighted by Gasteiger charge is -2.46. The molecule has 4 aromatic rings. The Morgan fingerprint density at radius 2 is 1.40 bits per heavy atom. The highest BCUT2D eigenvalue weighted by atomic mass is 35.5. The van der Waals surface area contributed by atoms with E-state index in [4.69, 9.17) is 26.8 Å². The molecular weight excluding hydrogens is 560 g/mol. The number of rotatable bonds is 8. The summed E-state index contributed by atoms with van der Waals surface area (Å²) in [7, 11) is 0. The van der Waals surface area contributed by atoms with Crippen LogP contribution in [0.25, 0.3) is 0 Å². The minimum atomic E-state index is -0.874. The van der Waals surface area contributed by atoms with Crippen LogP contribution in [0.4, 0.5) is 0 Å². The Bertz CT molecular complexity index is 1460. The van der Waals surface area contributed by atoms with E-state index in [1.807, 2.05) is 66.7 Å². The smallest absolute Gasteiger partial charge is 0.184 e. The average molecular weight is 599 g/mol. The molecule has 0 aromatic heterocycles. The highest BCUT2D eigenvalue weighted by Gasteiger charge is 2.43. The van der Waals surface area contributed by atoms with E-state index in [0.717, 1.165) is 46.5 Å². The molecule has 6 rings (SSSR count). The first kappa shape index (κ1) is 30.0. The van der Waals surface area contributed by atoms with Gasteiger partial charge in [0.05, 0.1) is 24.4 Å². The van der Waals surface area contributed by atoms with Crippen LogP contribution in [0.2, 0.25) is 5.02 Å². The van der Waals surface area contributed by atoms with E-state index < -0.39 is 11.9 Å². The molecule has 2 aliphatic heterocycles. The molecule has 0 radical (unpaired) electrons. The van der Waals surface area contributed by atoms with E-state index >= 15 is 0 Å². The van der Waals surface area contributed by atoms with E-state index in [1.165, 1.54) is 0 Å². The summed E-state index contributed by atoms with van der Waals surface area (Å²) in [4.78, 5) is 2.40. The molecule has 43 heavy (non-hydrogen) atoms. The molecule has 4 atom stereocenters. The number of nitrogens with zero attached hydrogens (tertiary/aromatic N) is 1. The third kappa shape index (κ3) is 6.71. The minimum Gasteiger partial charge on any atom is -0.392 e. The van der Waals surface area contributed by atoms with Crippen molar-refractivity contribution in [3.63, 3.8) is 0 Å². The van der Waals surface area contributed by atoms with E-state index in [1.54, 1.807) is 0 Å². The topological polar surface area (TPSA) is 88.2 Å². The summed E-state index contributed by atoms with van der Waals surface area (Å²) in [5.74, 6) is -0.0715. The lowest BCUT2D eigenvalue weighted by atomic mass is 9.81. The van der Waals surface area contributed by atoms with Gasteiger partial charge in [0, 0.05) is 42.7 Å². The first-order chi connectivity index (χ1) is 21.0. The first-order valence-electron chi connectivity index (χ1n) is 15.0. The monoisotopic (exact) mass is 598 g/mol. The van der Waals surface area contributed by atoms with Crippen LogP contribution in [0.1, 0.15) is 64.5 Å². The number of halogens is 1. The molecule has 2 heterocycles. The minimum absolute atomic E-state index is 0.00685. The van der Waals surface area contributed by atoms with Crippen LogP contribution in [0.15, 0.2) is 103 Å². The van der Waals surface area contributed by atoms with Gasteiger partial charge in [0.25, 0.3) is 0 Å². The first-order valence-corrected chi connectivity index (χ1v) is 15.4. The third-order valence-corrected chi connectivity index (χ3v) is 9.21. The summed E-state index contributed by atoms with van der Waals surface area (Å²) in [6.45, 7) is 2.65. The molecule has 0 bridgehead atoms. The normalized spacial score (nSPS) is 24.1. The van der Waals surface area contributed by atoms with E-state index in [9.17, 15) is 10.2 Å². The third-order valence-electron chi connectivity index (χ3n) is 8.96. The Kier molecular flexibility index (Phi) is 9.26. The number of ether oxygens (including phenoxy) is 2. The van der Waals surface area contributed by atoms with Crippen molar-refractivity contribution in [2.45, 2.75) is 56.0 Å². The molecule has 4 N–H and O–H groups in total. The summed E-state index contributed by atoms with van der Waals surface area (Å²) in [5, 5.41) is 21.8. The van der Waals surface area contributed by atoms with Gasteiger partial charge in [-0.1, -0.05) is 103 Å². The molecule has 2 saturated heterocycles. The second kappa shape index (κ2) is 13.3. The summed E-state index contributed by atoms with van der Waals surface area (Å²) in [5.41, 5.74) is 10.9. The highest BCUT2D eigenvalue weighted by molar-refractivity contribution is 6.30. The van der Waals surface area contributed by atoms with E-state index in [-0.39, 0.29) is 24.7 Å². The molecule has 0 spiro atoms. The summed E-state index contributed by atoms with van der Waals surface area (Å²) < 4.78 is 13.7. The van der Waals surface area contributed by atoms with Crippen molar-refractivity contribution in [2.24, 2.45) is 5.73 Å². The molecule has 0 aliphatic carbocycles. The van der Waals surface area contributed by atoms with Gasteiger partial charge in [-0.25, -0.2) is 0 Å². The molecule has 4 aromatic carbocycles. The van der Waals surface area contributed by atoms with E-state index in [0.29, 0.717) is 31.0 Å². The number of nitrogens with two attached hydrogens (primary N) is 1. The molecule has 0 amide bonds. The van der Waals surface area contributed by atoms with Crippen LogP contribution in [0, 0.1) is 0 Å². The van der Waals surface area contributed by atoms with Crippen LogP contribution < -0.4 is 5.73 Å². The maximum absolute atomic E-state index is 11.5. The largest absolute Gasteiger partial charge is 0.392 e. The van der Waals surface area contributed by atoms with Gasteiger partial charge in [0.1, 0.15) is 0 Å². The maximum atomic E-state index is 11.5. The molecule has 0 saturated carbocycles. The van der Waals surface area contributed by atoms with Crippen LogP contribution >= 0.6 is 11.6 Å². The fourth-order valence-corrected chi connectivity index (χ4v) is 6.51. The Balaban J connectivity index is 1.30. The lowest BCUT2D eigenvalue weighted by Crippen LogP contribution is -2.49. The van der Waals surface area contributed by atoms with Crippen molar-refractivity contribution in [3.05, 3.63) is 142 Å². The predicted molar refractivity (Wildman–Crippen MR) is 168 cm³/mol. The number of piperidine rings is 1. The van der Waals surface area contributed by atoms with Crippen LogP contribution in [-0.4, -0.2) is 40.9 Å². The van der Waals surface area contributed by atoms with Crippen LogP contribution in [-0.2, 0) is 28.2 Å². The van der Waals surface area contributed by atoms with Crippen molar-refractivity contribution in [1.29, 1.82) is 0 Å². The van der Waals surface area contributed by atoms with Gasteiger partial charge in [-0.3, -0.25) is 0 Å². The number of aliphatic hydroxyl groups is 2. The quantitative estimate of drug-likeness (QED) is 0.223. The second-order valence-electron chi connectivity index (χ2n) is 11.7. The second-order valence-corrected chi connectivity index (χ2v) is 12.1. The van der Waals surface area contributed by atoms with Crippen molar-refractivity contribution >= 4 is 11.6 Å². The Morgan fingerprint density at radius 3 is 2.02 bits per heavy atom. The number of benzene rings is 4. The van der Waals surface area contributed by atoms with Gasteiger partial charge < -0.3 is 30.3 Å². The molecule has 1 unspecified atom stereocenters.